The smallest absolute Gasteiger partial charge is 0.347 e. The average molecular weight is 410 g/mol. The van der Waals surface area contributed by atoms with E-state index in [9.17, 15) is 4.79 Å². The molecule has 4 nitrogen and oxygen atoms in total. The quantitative estimate of drug-likeness (QED) is 0.439. The highest BCUT2D eigenvalue weighted by Gasteiger charge is 2.21. The lowest BCUT2D eigenvalue weighted by atomic mass is 10.0. The first-order valence-corrected chi connectivity index (χ1v) is 8.98. The van der Waals surface area contributed by atoms with E-state index in [2.05, 4.69) is 21.2 Å². The Morgan fingerprint density at radius 3 is 2.42 bits per heavy atom. The van der Waals surface area contributed by atoms with Gasteiger partial charge in [-0.2, -0.15) is 0 Å². The van der Waals surface area contributed by atoms with E-state index in [0.717, 1.165) is 21.3 Å². The molecule has 26 heavy (non-hydrogen) atoms. The molecule has 4 rings (SSSR count). The van der Waals surface area contributed by atoms with Crippen LogP contribution in [0.5, 0.6) is 0 Å². The lowest BCUT2D eigenvalue weighted by Gasteiger charge is -2.09. The third-order valence-corrected chi connectivity index (χ3v) is 4.78. The van der Waals surface area contributed by atoms with Crippen LogP contribution in [0, 0.1) is 13.8 Å². The first kappa shape index (κ1) is 16.7. The lowest BCUT2D eigenvalue weighted by Crippen LogP contribution is -2.00. The Labute approximate surface area is 158 Å². The molecule has 0 aliphatic heterocycles. The summed E-state index contributed by atoms with van der Waals surface area (Å²) >= 11 is 3.45. The number of halogens is 1. The van der Waals surface area contributed by atoms with Crippen LogP contribution in [0.3, 0.4) is 0 Å². The van der Waals surface area contributed by atoms with Gasteiger partial charge >= 0.3 is 5.63 Å². The third-order valence-electron chi connectivity index (χ3n) is 4.25. The van der Waals surface area contributed by atoms with Gasteiger partial charge < -0.3 is 14.2 Å². The molecular weight excluding hydrogens is 394 g/mol. The second-order valence-electron chi connectivity index (χ2n) is 6.14. The van der Waals surface area contributed by atoms with Crippen molar-refractivity contribution in [3.05, 3.63) is 80.8 Å². The van der Waals surface area contributed by atoms with Crippen LogP contribution in [-0.2, 0) is 0 Å². The lowest BCUT2D eigenvalue weighted by molar-refractivity contribution is 0.485. The van der Waals surface area contributed by atoms with Gasteiger partial charge in [0.25, 0.3) is 0 Å². The largest absolute Gasteiger partial charge is 0.439 e. The van der Waals surface area contributed by atoms with E-state index in [1.165, 1.54) is 0 Å². The zero-order chi connectivity index (χ0) is 18.3. The van der Waals surface area contributed by atoms with Crippen LogP contribution >= 0.6 is 15.9 Å². The summed E-state index contributed by atoms with van der Waals surface area (Å²) in [6, 6.07) is 17.4. The fraction of sp³-hybridized carbons (Fsp3) is 0.0952. The average Bonchev–Trinajstić information content (AvgIpc) is 2.96. The van der Waals surface area contributed by atoms with Gasteiger partial charge in [-0.15, -0.1) is 0 Å². The van der Waals surface area contributed by atoms with E-state index in [-0.39, 0.29) is 0 Å². The molecule has 0 bridgehead atoms. The number of fused-ring (bicyclic) bond motifs is 1. The van der Waals surface area contributed by atoms with Crippen molar-refractivity contribution in [1.82, 2.24) is 0 Å². The second-order valence-corrected chi connectivity index (χ2v) is 7.05. The number of furan rings is 1. The van der Waals surface area contributed by atoms with Gasteiger partial charge in [0.1, 0.15) is 16.7 Å². The Hall–Kier alpha value is -2.79. The minimum absolute atomic E-state index is 0.403. The van der Waals surface area contributed by atoms with Crippen molar-refractivity contribution in [1.29, 1.82) is 0 Å². The molecule has 0 saturated carbocycles. The summed E-state index contributed by atoms with van der Waals surface area (Å²) in [4.78, 5) is 12.5. The molecule has 5 heteroatoms. The Balaban J connectivity index is 1.98. The van der Waals surface area contributed by atoms with Gasteiger partial charge in [0.15, 0.2) is 0 Å². The van der Waals surface area contributed by atoms with Crippen molar-refractivity contribution in [2.24, 2.45) is 0 Å². The number of benzene rings is 2. The van der Waals surface area contributed by atoms with Gasteiger partial charge in [-0.3, -0.25) is 0 Å². The standard InChI is InChI=1S/C21H16BrNO3/c1-12-5-3-4-6-16(12)23-20-18(14-7-9-15(22)10-8-14)19-17(26-20)11-13(2)25-21(19)24/h3-11,23H,1-2H3. The molecule has 130 valence electrons. The second kappa shape index (κ2) is 6.50. The maximum absolute atomic E-state index is 12.5. The molecule has 2 heterocycles. The van der Waals surface area contributed by atoms with E-state index in [1.54, 1.807) is 13.0 Å². The molecule has 0 aliphatic carbocycles. The first-order valence-electron chi connectivity index (χ1n) is 8.19. The van der Waals surface area contributed by atoms with Crippen LogP contribution in [0.4, 0.5) is 11.6 Å². The molecule has 0 aliphatic rings. The minimum Gasteiger partial charge on any atom is -0.439 e. The zero-order valence-corrected chi connectivity index (χ0v) is 15.9. The van der Waals surface area contributed by atoms with E-state index >= 15 is 0 Å². The number of hydrogen-bond acceptors (Lipinski definition) is 4. The molecule has 0 fully saturated rings. The van der Waals surface area contributed by atoms with Gasteiger partial charge in [0.2, 0.25) is 5.88 Å². The number of hydrogen-bond donors (Lipinski definition) is 1. The Kier molecular flexibility index (Phi) is 4.17. The third kappa shape index (κ3) is 2.95. The number of rotatable bonds is 3. The van der Waals surface area contributed by atoms with Crippen molar-refractivity contribution < 1.29 is 8.83 Å². The number of para-hydroxylation sites is 1. The molecule has 0 saturated heterocycles. The van der Waals surface area contributed by atoms with Gasteiger partial charge in [-0.25, -0.2) is 4.79 Å². The molecule has 0 spiro atoms. The summed E-state index contributed by atoms with van der Waals surface area (Å²) < 4.78 is 12.3. The first-order chi connectivity index (χ1) is 12.5. The van der Waals surface area contributed by atoms with Gasteiger partial charge in [-0.05, 0) is 43.2 Å². The topological polar surface area (TPSA) is 55.4 Å². The van der Waals surface area contributed by atoms with Crippen LogP contribution in [0.15, 0.2) is 72.7 Å². The summed E-state index contributed by atoms with van der Waals surface area (Å²) in [7, 11) is 0. The predicted octanol–water partition coefficient (Wildman–Crippen LogP) is 6.18. The minimum atomic E-state index is -0.403. The molecule has 1 N–H and O–H groups in total. The van der Waals surface area contributed by atoms with Crippen LogP contribution < -0.4 is 10.9 Å². The zero-order valence-electron chi connectivity index (χ0n) is 14.3. The Morgan fingerprint density at radius 2 is 1.69 bits per heavy atom. The van der Waals surface area contributed by atoms with Crippen molar-refractivity contribution in [2.45, 2.75) is 13.8 Å². The molecule has 0 unspecified atom stereocenters. The van der Waals surface area contributed by atoms with Crippen molar-refractivity contribution in [2.75, 3.05) is 5.32 Å². The van der Waals surface area contributed by atoms with E-state index < -0.39 is 5.63 Å². The molecular formula is C21H16BrNO3. The van der Waals surface area contributed by atoms with Gasteiger partial charge in [0.05, 0.1) is 5.56 Å². The van der Waals surface area contributed by atoms with Gasteiger partial charge in [0, 0.05) is 16.2 Å². The van der Waals surface area contributed by atoms with Crippen LogP contribution in [0.25, 0.3) is 22.1 Å². The Bertz CT molecular complexity index is 1160. The number of aryl methyl sites for hydroxylation is 2. The monoisotopic (exact) mass is 409 g/mol. The summed E-state index contributed by atoms with van der Waals surface area (Å²) in [5.74, 6) is 1.04. The predicted molar refractivity (Wildman–Crippen MR) is 107 cm³/mol. The van der Waals surface area contributed by atoms with Crippen LogP contribution in [0.2, 0.25) is 0 Å². The summed E-state index contributed by atoms with van der Waals surface area (Å²) in [5.41, 5.74) is 3.68. The fourth-order valence-corrected chi connectivity index (χ4v) is 3.24. The van der Waals surface area contributed by atoms with Crippen LogP contribution in [0.1, 0.15) is 11.3 Å². The number of anilines is 2. The van der Waals surface area contributed by atoms with E-state index in [1.807, 2.05) is 55.5 Å². The molecule has 0 radical (unpaired) electrons. The van der Waals surface area contributed by atoms with E-state index in [0.29, 0.717) is 28.2 Å². The van der Waals surface area contributed by atoms with E-state index in [4.69, 9.17) is 8.83 Å². The SMILES string of the molecule is Cc1cc2oc(Nc3ccccc3C)c(-c3ccc(Br)cc3)c2c(=O)o1. The highest BCUT2D eigenvalue weighted by Crippen LogP contribution is 2.39. The summed E-state index contributed by atoms with van der Waals surface area (Å²) in [6.07, 6.45) is 0. The fourth-order valence-electron chi connectivity index (χ4n) is 2.98. The molecule has 4 aromatic rings. The highest BCUT2D eigenvalue weighted by atomic mass is 79.9. The molecule has 0 atom stereocenters. The summed E-state index contributed by atoms with van der Waals surface area (Å²) in [5, 5.41) is 3.77. The van der Waals surface area contributed by atoms with Gasteiger partial charge in [-0.1, -0.05) is 46.3 Å². The number of nitrogens with one attached hydrogen (secondary N) is 1. The molecule has 2 aromatic carbocycles. The van der Waals surface area contributed by atoms with Crippen molar-refractivity contribution >= 4 is 38.5 Å². The maximum atomic E-state index is 12.5. The summed E-state index contributed by atoms with van der Waals surface area (Å²) in [6.45, 7) is 3.75. The molecule has 0 amide bonds. The van der Waals surface area contributed by atoms with Crippen molar-refractivity contribution in [3.8, 4) is 11.1 Å². The maximum Gasteiger partial charge on any atom is 0.347 e. The van der Waals surface area contributed by atoms with Crippen molar-refractivity contribution in [3.63, 3.8) is 0 Å². The highest BCUT2D eigenvalue weighted by molar-refractivity contribution is 9.10. The molecule has 2 aromatic heterocycles. The van der Waals surface area contributed by atoms with Crippen LogP contribution in [-0.4, -0.2) is 0 Å². The normalized spacial score (nSPS) is 11.0. The Morgan fingerprint density at radius 1 is 0.962 bits per heavy atom.